The molecule has 0 amide bonds. The Hall–Kier alpha value is -1.58. The molecular formula is C15H19FN4O2S2. The summed E-state index contributed by atoms with van der Waals surface area (Å²) in [5, 5.41) is 10.2. The van der Waals surface area contributed by atoms with E-state index in [9.17, 15) is 12.8 Å². The van der Waals surface area contributed by atoms with Crippen LogP contribution in [0.15, 0.2) is 29.2 Å². The summed E-state index contributed by atoms with van der Waals surface area (Å²) in [4.78, 5) is 2.18. The summed E-state index contributed by atoms with van der Waals surface area (Å²) in [6.07, 6.45) is 0. The molecule has 130 valence electrons. The van der Waals surface area contributed by atoms with Crippen LogP contribution in [0.3, 0.4) is 0 Å². The van der Waals surface area contributed by atoms with Crippen molar-refractivity contribution in [1.29, 1.82) is 0 Å². The third-order valence-corrected chi connectivity index (χ3v) is 7.08. The second-order valence-electron chi connectivity index (χ2n) is 5.92. The van der Waals surface area contributed by atoms with Crippen molar-refractivity contribution in [2.24, 2.45) is 0 Å². The Labute approximate surface area is 145 Å². The first-order chi connectivity index (χ1) is 11.4. The highest BCUT2D eigenvalue weighted by atomic mass is 32.2. The van der Waals surface area contributed by atoms with E-state index in [4.69, 9.17) is 0 Å². The van der Waals surface area contributed by atoms with E-state index in [2.05, 4.69) is 28.9 Å². The molecule has 24 heavy (non-hydrogen) atoms. The molecular weight excluding hydrogens is 351 g/mol. The van der Waals surface area contributed by atoms with Crippen LogP contribution in [0, 0.1) is 5.82 Å². The number of anilines is 1. The number of nitrogens with zero attached hydrogens (tertiary/aromatic N) is 4. The Morgan fingerprint density at radius 2 is 1.71 bits per heavy atom. The largest absolute Gasteiger partial charge is 0.344 e. The molecule has 1 aliphatic rings. The number of hydrogen-bond donors (Lipinski definition) is 0. The topological polar surface area (TPSA) is 66.4 Å². The fourth-order valence-corrected chi connectivity index (χ4v) is 4.78. The van der Waals surface area contributed by atoms with Gasteiger partial charge in [-0.15, -0.1) is 10.2 Å². The average Bonchev–Trinajstić information content (AvgIpc) is 3.06. The smallest absolute Gasteiger partial charge is 0.243 e. The number of sulfonamides is 1. The van der Waals surface area contributed by atoms with Crippen LogP contribution in [0.2, 0.25) is 0 Å². The van der Waals surface area contributed by atoms with Crippen LogP contribution in [0.5, 0.6) is 0 Å². The summed E-state index contributed by atoms with van der Waals surface area (Å²) >= 11 is 1.55. The molecule has 1 aromatic heterocycles. The predicted molar refractivity (Wildman–Crippen MR) is 91.4 cm³/mol. The SMILES string of the molecule is CC(C)c1nnc(N2CCN(S(=O)(=O)c3ccc(F)cc3)CC2)s1. The van der Waals surface area contributed by atoms with E-state index in [1.807, 2.05) is 0 Å². The maximum absolute atomic E-state index is 13.0. The van der Waals surface area contributed by atoms with Crippen LogP contribution in [0.25, 0.3) is 0 Å². The van der Waals surface area contributed by atoms with Crippen molar-refractivity contribution in [2.75, 3.05) is 31.1 Å². The summed E-state index contributed by atoms with van der Waals surface area (Å²) in [6, 6.07) is 4.93. The van der Waals surface area contributed by atoms with Crippen LogP contribution in [0.4, 0.5) is 9.52 Å². The van der Waals surface area contributed by atoms with Gasteiger partial charge in [0, 0.05) is 32.1 Å². The molecule has 0 spiro atoms. The highest BCUT2D eigenvalue weighted by molar-refractivity contribution is 7.89. The monoisotopic (exact) mass is 370 g/mol. The molecule has 0 atom stereocenters. The van der Waals surface area contributed by atoms with Gasteiger partial charge in [0.2, 0.25) is 15.2 Å². The molecule has 1 saturated heterocycles. The highest BCUT2D eigenvalue weighted by Gasteiger charge is 2.29. The van der Waals surface area contributed by atoms with E-state index in [1.165, 1.54) is 16.4 Å². The lowest BCUT2D eigenvalue weighted by atomic mass is 10.2. The molecule has 0 N–H and O–H groups in total. The van der Waals surface area contributed by atoms with Crippen molar-refractivity contribution >= 4 is 26.5 Å². The van der Waals surface area contributed by atoms with Gasteiger partial charge in [-0.25, -0.2) is 12.8 Å². The molecule has 0 radical (unpaired) electrons. The fraction of sp³-hybridized carbons (Fsp3) is 0.467. The lowest BCUT2D eigenvalue weighted by Crippen LogP contribution is -2.48. The van der Waals surface area contributed by atoms with E-state index >= 15 is 0 Å². The van der Waals surface area contributed by atoms with Gasteiger partial charge >= 0.3 is 0 Å². The first-order valence-corrected chi connectivity index (χ1v) is 9.97. The lowest BCUT2D eigenvalue weighted by molar-refractivity contribution is 0.384. The maximum atomic E-state index is 13.0. The van der Waals surface area contributed by atoms with E-state index in [0.717, 1.165) is 22.3 Å². The molecule has 3 rings (SSSR count). The molecule has 0 saturated carbocycles. The number of halogens is 1. The average molecular weight is 370 g/mol. The molecule has 1 aromatic carbocycles. The van der Waals surface area contributed by atoms with Gasteiger partial charge < -0.3 is 4.90 Å². The summed E-state index contributed by atoms with van der Waals surface area (Å²) in [5.74, 6) is -0.118. The van der Waals surface area contributed by atoms with Crippen molar-refractivity contribution in [3.05, 3.63) is 35.1 Å². The predicted octanol–water partition coefficient (Wildman–Crippen LogP) is 2.31. The van der Waals surface area contributed by atoms with E-state index in [1.54, 1.807) is 11.3 Å². The van der Waals surface area contributed by atoms with Crippen LogP contribution < -0.4 is 4.90 Å². The van der Waals surface area contributed by atoms with Crippen molar-refractivity contribution in [3.63, 3.8) is 0 Å². The van der Waals surface area contributed by atoms with Gasteiger partial charge in [-0.1, -0.05) is 25.2 Å². The highest BCUT2D eigenvalue weighted by Crippen LogP contribution is 2.27. The van der Waals surface area contributed by atoms with Gasteiger partial charge in [-0.3, -0.25) is 0 Å². The number of hydrogen-bond acceptors (Lipinski definition) is 6. The van der Waals surface area contributed by atoms with Gasteiger partial charge in [0.05, 0.1) is 4.90 Å². The first kappa shape index (κ1) is 17.2. The number of piperazine rings is 1. The van der Waals surface area contributed by atoms with Crippen molar-refractivity contribution in [3.8, 4) is 0 Å². The number of benzene rings is 1. The van der Waals surface area contributed by atoms with Gasteiger partial charge in [0.1, 0.15) is 10.8 Å². The Bertz CT molecular complexity index is 797. The third-order valence-electron chi connectivity index (χ3n) is 3.88. The minimum Gasteiger partial charge on any atom is -0.344 e. The molecule has 2 aromatic rings. The van der Waals surface area contributed by atoms with E-state index < -0.39 is 15.8 Å². The maximum Gasteiger partial charge on any atom is 0.243 e. The van der Waals surface area contributed by atoms with Gasteiger partial charge in [-0.2, -0.15) is 4.31 Å². The van der Waals surface area contributed by atoms with Gasteiger partial charge in [-0.05, 0) is 24.3 Å². The summed E-state index contributed by atoms with van der Waals surface area (Å²) in [5.41, 5.74) is 0. The first-order valence-electron chi connectivity index (χ1n) is 7.72. The Balaban J connectivity index is 1.68. The van der Waals surface area contributed by atoms with Crippen LogP contribution in [-0.4, -0.2) is 49.1 Å². The molecule has 6 nitrogen and oxygen atoms in total. The molecule has 1 aliphatic heterocycles. The Morgan fingerprint density at radius 1 is 1.08 bits per heavy atom. The second-order valence-corrected chi connectivity index (χ2v) is 8.85. The lowest BCUT2D eigenvalue weighted by Gasteiger charge is -2.33. The molecule has 9 heteroatoms. The second kappa shape index (κ2) is 6.73. The van der Waals surface area contributed by atoms with E-state index in [0.29, 0.717) is 32.1 Å². The summed E-state index contributed by atoms with van der Waals surface area (Å²) < 4.78 is 39.6. The number of aromatic nitrogens is 2. The third kappa shape index (κ3) is 3.42. The molecule has 1 fully saturated rings. The van der Waals surface area contributed by atoms with Crippen molar-refractivity contribution in [1.82, 2.24) is 14.5 Å². The normalized spacial score (nSPS) is 16.8. The Kier molecular flexibility index (Phi) is 4.84. The van der Waals surface area contributed by atoms with Gasteiger partial charge in [0.25, 0.3) is 0 Å². The molecule has 0 unspecified atom stereocenters. The molecule has 0 bridgehead atoms. The summed E-state index contributed by atoms with van der Waals surface area (Å²) in [6.45, 7) is 6.00. The molecule has 0 aliphatic carbocycles. The van der Waals surface area contributed by atoms with Crippen LogP contribution >= 0.6 is 11.3 Å². The Morgan fingerprint density at radius 3 is 2.25 bits per heavy atom. The minimum atomic E-state index is -3.59. The summed E-state index contributed by atoms with van der Waals surface area (Å²) in [7, 11) is -3.59. The van der Waals surface area contributed by atoms with Gasteiger partial charge in [0.15, 0.2) is 0 Å². The van der Waals surface area contributed by atoms with Crippen LogP contribution in [-0.2, 0) is 10.0 Å². The molecule has 2 heterocycles. The zero-order chi connectivity index (χ0) is 17.3. The quantitative estimate of drug-likeness (QED) is 0.826. The van der Waals surface area contributed by atoms with Crippen LogP contribution in [0.1, 0.15) is 24.8 Å². The van der Waals surface area contributed by atoms with E-state index in [-0.39, 0.29) is 4.90 Å². The number of rotatable bonds is 4. The fourth-order valence-electron chi connectivity index (χ4n) is 2.46. The van der Waals surface area contributed by atoms with Crippen molar-refractivity contribution in [2.45, 2.75) is 24.7 Å². The minimum absolute atomic E-state index is 0.121. The van der Waals surface area contributed by atoms with Crippen molar-refractivity contribution < 1.29 is 12.8 Å². The standard InChI is InChI=1S/C15H19FN4O2S2/c1-11(2)14-17-18-15(23-14)19-7-9-20(10-8-19)24(21,22)13-5-3-12(16)4-6-13/h3-6,11H,7-10H2,1-2H3. The zero-order valence-electron chi connectivity index (χ0n) is 13.5. The zero-order valence-corrected chi connectivity index (χ0v) is 15.1.